The smallest absolute Gasteiger partial charge is 0.338 e. The Balaban J connectivity index is 1.60. The number of fused-ring (bicyclic) bond motifs is 2. The van der Waals surface area contributed by atoms with Gasteiger partial charge in [-0.1, -0.05) is 38.5 Å². The number of hydrogen-bond donors (Lipinski definition) is 0. The van der Waals surface area contributed by atoms with Crippen molar-refractivity contribution in [1.82, 2.24) is 0 Å². The Morgan fingerprint density at radius 3 is 2.42 bits per heavy atom. The first-order chi connectivity index (χ1) is 15.6. The maximum absolute atomic E-state index is 13.2. The quantitative estimate of drug-likeness (QED) is 0.577. The van der Waals surface area contributed by atoms with Gasteiger partial charge in [0.05, 0.1) is 18.1 Å². The minimum absolute atomic E-state index is 0.00564. The first-order valence-corrected chi connectivity index (χ1v) is 12.5. The molecular weight excluding hydrogens is 416 g/mol. The van der Waals surface area contributed by atoms with Gasteiger partial charge in [-0.05, 0) is 74.3 Å². The van der Waals surface area contributed by atoms with E-state index in [2.05, 4.69) is 13.8 Å². The van der Waals surface area contributed by atoms with Crippen LogP contribution in [0.15, 0.2) is 30.3 Å². The Kier molecular flexibility index (Phi) is 5.08. The molecule has 0 radical (unpaired) electrons. The van der Waals surface area contributed by atoms with E-state index in [1.165, 1.54) is 7.11 Å². The van der Waals surface area contributed by atoms with Crippen molar-refractivity contribution >= 4 is 17.7 Å². The zero-order valence-corrected chi connectivity index (χ0v) is 20.3. The summed E-state index contributed by atoms with van der Waals surface area (Å²) < 4.78 is 11.6. The van der Waals surface area contributed by atoms with Crippen LogP contribution in [-0.4, -0.2) is 30.9 Å². The van der Waals surface area contributed by atoms with E-state index < -0.39 is 11.5 Å². The van der Waals surface area contributed by atoms with E-state index in [-0.39, 0.29) is 40.0 Å². The Bertz CT molecular complexity index is 987. The summed E-state index contributed by atoms with van der Waals surface area (Å²) in [4.78, 5) is 39.6. The molecule has 4 aliphatic rings. The Morgan fingerprint density at radius 2 is 1.73 bits per heavy atom. The zero-order chi connectivity index (χ0) is 23.6. The lowest BCUT2D eigenvalue weighted by atomic mass is 9.37. The van der Waals surface area contributed by atoms with Crippen LogP contribution in [0.3, 0.4) is 0 Å². The molecule has 0 N–H and O–H groups in total. The number of rotatable bonds is 3. The summed E-state index contributed by atoms with van der Waals surface area (Å²) in [6.07, 6.45) is 6.29. The number of carbonyl (C=O) groups excluding carboxylic acids is 3. The van der Waals surface area contributed by atoms with Gasteiger partial charge in [0.15, 0.2) is 0 Å². The van der Waals surface area contributed by atoms with E-state index >= 15 is 0 Å². The molecule has 178 valence electrons. The summed E-state index contributed by atoms with van der Waals surface area (Å²) in [6, 6.07) is 9.06. The summed E-state index contributed by atoms with van der Waals surface area (Å²) in [7, 11) is 1.46. The molecule has 1 unspecified atom stereocenters. The fraction of sp³-hybridized carbons (Fsp3) is 0.679. The molecule has 0 saturated heterocycles. The molecule has 1 spiro atoms. The van der Waals surface area contributed by atoms with E-state index in [4.69, 9.17) is 9.47 Å². The van der Waals surface area contributed by atoms with Crippen LogP contribution in [0.5, 0.6) is 0 Å². The number of ether oxygens (including phenoxy) is 2. The predicted molar refractivity (Wildman–Crippen MR) is 123 cm³/mol. The van der Waals surface area contributed by atoms with Gasteiger partial charge in [0.25, 0.3) is 0 Å². The van der Waals surface area contributed by atoms with Gasteiger partial charge in [-0.2, -0.15) is 0 Å². The molecule has 5 rings (SSSR count). The summed E-state index contributed by atoms with van der Waals surface area (Å²) in [6.45, 7) is 6.49. The largest absolute Gasteiger partial charge is 0.469 e. The van der Waals surface area contributed by atoms with Gasteiger partial charge in [-0.15, -0.1) is 0 Å². The topological polar surface area (TPSA) is 69.7 Å². The van der Waals surface area contributed by atoms with E-state index in [1.54, 1.807) is 12.1 Å². The number of hydrogen-bond acceptors (Lipinski definition) is 5. The molecule has 33 heavy (non-hydrogen) atoms. The number of benzene rings is 1. The van der Waals surface area contributed by atoms with Crippen molar-refractivity contribution in [2.45, 2.75) is 78.2 Å². The Labute approximate surface area is 196 Å². The van der Waals surface area contributed by atoms with Crippen LogP contribution in [-0.2, 0) is 19.1 Å². The molecule has 0 aromatic heterocycles. The minimum Gasteiger partial charge on any atom is -0.469 e. The molecule has 0 aliphatic heterocycles. The summed E-state index contributed by atoms with van der Waals surface area (Å²) in [5.41, 5.74) is -0.647. The van der Waals surface area contributed by atoms with Crippen molar-refractivity contribution in [3.05, 3.63) is 35.9 Å². The van der Waals surface area contributed by atoms with Crippen molar-refractivity contribution in [3.8, 4) is 0 Å². The van der Waals surface area contributed by atoms with Gasteiger partial charge in [0, 0.05) is 17.8 Å². The third kappa shape index (κ3) is 2.99. The normalized spacial score (nSPS) is 43.9. The standard InChI is InChI=1S/C28H36O5/c1-25-13-14-28(17-25)19(16-21(25)29)15-20(33-23(30)18-9-6-5-7-10-18)22-26(2,24(31)32-4)11-8-12-27(22,28)3/h5-7,9-10,19-20,22H,8,11-17H2,1-4H3/t19?,20-,22+,25-,26-,27+,28+/m1/s1. The van der Waals surface area contributed by atoms with E-state index in [1.807, 2.05) is 25.1 Å². The number of methoxy groups -OCH3 is 1. The molecule has 4 aliphatic carbocycles. The monoisotopic (exact) mass is 452 g/mol. The molecule has 1 aromatic carbocycles. The fourth-order valence-corrected chi connectivity index (χ4v) is 8.88. The van der Waals surface area contributed by atoms with Crippen molar-refractivity contribution in [2.24, 2.45) is 33.5 Å². The molecule has 5 heteroatoms. The van der Waals surface area contributed by atoms with Crippen LogP contribution in [0.2, 0.25) is 0 Å². The molecule has 0 amide bonds. The second kappa shape index (κ2) is 7.41. The summed E-state index contributed by atoms with van der Waals surface area (Å²) in [5.74, 6) is -0.139. The van der Waals surface area contributed by atoms with Crippen molar-refractivity contribution in [1.29, 1.82) is 0 Å². The molecule has 4 saturated carbocycles. The van der Waals surface area contributed by atoms with Crippen LogP contribution >= 0.6 is 0 Å². The molecular formula is C28H36O5. The highest BCUT2D eigenvalue weighted by atomic mass is 16.5. The van der Waals surface area contributed by atoms with Crippen LogP contribution < -0.4 is 0 Å². The summed E-state index contributed by atoms with van der Waals surface area (Å²) >= 11 is 0. The lowest BCUT2D eigenvalue weighted by Gasteiger charge is -2.67. The van der Waals surface area contributed by atoms with Gasteiger partial charge < -0.3 is 9.47 Å². The van der Waals surface area contributed by atoms with Crippen molar-refractivity contribution in [2.75, 3.05) is 7.11 Å². The molecule has 5 nitrogen and oxygen atoms in total. The molecule has 7 atom stereocenters. The fourth-order valence-electron chi connectivity index (χ4n) is 8.88. The average molecular weight is 453 g/mol. The van der Waals surface area contributed by atoms with Gasteiger partial charge in [0.1, 0.15) is 11.9 Å². The number of esters is 2. The Hall–Kier alpha value is -2.17. The molecule has 2 bridgehead atoms. The third-order valence-corrected chi connectivity index (χ3v) is 10.4. The first-order valence-electron chi connectivity index (χ1n) is 12.5. The Morgan fingerprint density at radius 1 is 1.00 bits per heavy atom. The van der Waals surface area contributed by atoms with Gasteiger partial charge in [-0.25, -0.2) is 4.79 Å². The highest BCUT2D eigenvalue weighted by Gasteiger charge is 2.73. The second-order valence-electron chi connectivity index (χ2n) is 11.9. The first kappa shape index (κ1) is 22.6. The van der Waals surface area contributed by atoms with E-state index in [0.717, 1.165) is 38.5 Å². The van der Waals surface area contributed by atoms with Crippen LogP contribution in [0, 0.1) is 33.5 Å². The maximum Gasteiger partial charge on any atom is 0.338 e. The lowest BCUT2D eigenvalue weighted by Crippen LogP contribution is -2.66. The van der Waals surface area contributed by atoms with E-state index in [9.17, 15) is 14.4 Å². The SMILES string of the molecule is COC(=O)[C@]1(C)CCC[C@@]2(C)[C@H]1[C@H](OC(=O)c1ccccc1)CC1CC(=O)[C@]3(C)CC[C@]12C3. The zero-order valence-electron chi connectivity index (χ0n) is 20.3. The van der Waals surface area contributed by atoms with Crippen molar-refractivity contribution < 1.29 is 23.9 Å². The number of ketones is 1. The van der Waals surface area contributed by atoms with E-state index in [0.29, 0.717) is 24.2 Å². The van der Waals surface area contributed by atoms with Crippen molar-refractivity contribution in [3.63, 3.8) is 0 Å². The van der Waals surface area contributed by atoms with Crippen LogP contribution in [0.25, 0.3) is 0 Å². The average Bonchev–Trinajstić information content (AvgIpc) is 3.13. The number of carbonyl (C=O) groups is 3. The second-order valence-corrected chi connectivity index (χ2v) is 11.9. The highest BCUT2D eigenvalue weighted by molar-refractivity contribution is 5.89. The highest BCUT2D eigenvalue weighted by Crippen LogP contribution is 2.76. The lowest BCUT2D eigenvalue weighted by molar-refractivity contribution is -0.225. The molecule has 1 aromatic rings. The third-order valence-electron chi connectivity index (χ3n) is 10.4. The summed E-state index contributed by atoms with van der Waals surface area (Å²) in [5, 5.41) is 0. The minimum atomic E-state index is -0.719. The number of Topliss-reactive ketones (excluding diaryl/α,β-unsaturated/α-hetero) is 1. The maximum atomic E-state index is 13.2. The van der Waals surface area contributed by atoms with Crippen LogP contribution in [0.4, 0.5) is 0 Å². The predicted octanol–water partition coefficient (Wildman–Crippen LogP) is 5.37. The molecule has 4 fully saturated rings. The van der Waals surface area contributed by atoms with Gasteiger partial charge in [-0.3, -0.25) is 9.59 Å². The van der Waals surface area contributed by atoms with Crippen LogP contribution in [0.1, 0.15) is 82.5 Å². The van der Waals surface area contributed by atoms with Gasteiger partial charge in [0.2, 0.25) is 0 Å². The molecule has 0 heterocycles. The van der Waals surface area contributed by atoms with Gasteiger partial charge >= 0.3 is 11.9 Å².